The molecule has 2 rings (SSSR count). The summed E-state index contributed by atoms with van der Waals surface area (Å²) in [6, 6.07) is 4.16. The number of nitrogens with zero attached hydrogens (tertiary/aromatic N) is 1. The molecule has 1 amide bonds. The van der Waals surface area contributed by atoms with Gasteiger partial charge in [0.2, 0.25) is 5.91 Å². The minimum absolute atomic E-state index is 0.0451. The van der Waals surface area contributed by atoms with Crippen LogP contribution >= 0.6 is 11.3 Å². The number of nitrogens with one attached hydrogen (secondary N) is 1. The van der Waals surface area contributed by atoms with Crippen LogP contribution in [0.25, 0.3) is 0 Å². The third kappa shape index (κ3) is 3.80. The molecule has 0 radical (unpaired) electrons. The van der Waals surface area contributed by atoms with Crippen LogP contribution in [0.15, 0.2) is 17.5 Å². The van der Waals surface area contributed by atoms with Gasteiger partial charge in [-0.15, -0.1) is 11.3 Å². The molecule has 1 aromatic heterocycles. The van der Waals surface area contributed by atoms with Gasteiger partial charge >= 0.3 is 0 Å². The molecule has 1 aromatic rings. The molecule has 4 nitrogen and oxygen atoms in total. The van der Waals surface area contributed by atoms with Gasteiger partial charge in [-0.05, 0) is 30.8 Å². The topological polar surface area (TPSA) is 52.6 Å². The van der Waals surface area contributed by atoms with Gasteiger partial charge in [0.1, 0.15) is 0 Å². The summed E-state index contributed by atoms with van der Waals surface area (Å²) in [6.07, 6.45) is 3.27. The minimum Gasteiger partial charge on any atom is -0.395 e. The van der Waals surface area contributed by atoms with Crippen LogP contribution in [0.3, 0.4) is 0 Å². The maximum absolute atomic E-state index is 11.8. The highest BCUT2D eigenvalue weighted by molar-refractivity contribution is 7.09. The van der Waals surface area contributed by atoms with Crippen molar-refractivity contribution >= 4 is 17.2 Å². The molecule has 0 spiro atoms. The van der Waals surface area contributed by atoms with Crippen LogP contribution in [-0.4, -0.2) is 41.7 Å². The quantitative estimate of drug-likeness (QED) is 0.844. The van der Waals surface area contributed by atoms with Gasteiger partial charge in [0, 0.05) is 10.9 Å². The average Bonchev–Trinajstić information content (AvgIpc) is 2.90. The van der Waals surface area contributed by atoms with Gasteiger partial charge in [-0.2, -0.15) is 0 Å². The number of amides is 1. The third-order valence-corrected chi connectivity index (χ3v) is 4.22. The molecule has 0 saturated carbocycles. The van der Waals surface area contributed by atoms with Gasteiger partial charge in [0.05, 0.1) is 19.7 Å². The maximum atomic E-state index is 11.8. The average molecular weight is 268 g/mol. The molecule has 0 aromatic carbocycles. The number of carbonyl (C=O) groups excluding carboxylic acids is 1. The predicted octanol–water partition coefficient (Wildman–Crippen LogP) is 1.21. The molecule has 100 valence electrons. The number of hydrogen-bond donors (Lipinski definition) is 2. The van der Waals surface area contributed by atoms with Crippen LogP contribution in [0.5, 0.6) is 0 Å². The zero-order valence-electron chi connectivity index (χ0n) is 10.5. The van der Waals surface area contributed by atoms with E-state index in [1.165, 1.54) is 4.88 Å². The predicted molar refractivity (Wildman–Crippen MR) is 72.5 cm³/mol. The van der Waals surface area contributed by atoms with Crippen LogP contribution in [0.4, 0.5) is 0 Å². The van der Waals surface area contributed by atoms with E-state index < -0.39 is 0 Å². The fraction of sp³-hybridized carbons (Fsp3) is 0.615. The lowest BCUT2D eigenvalue weighted by Crippen LogP contribution is -2.46. The summed E-state index contributed by atoms with van der Waals surface area (Å²) < 4.78 is 0. The van der Waals surface area contributed by atoms with Crippen molar-refractivity contribution in [3.63, 3.8) is 0 Å². The van der Waals surface area contributed by atoms with Crippen LogP contribution < -0.4 is 5.32 Å². The highest BCUT2D eigenvalue weighted by Crippen LogP contribution is 2.16. The molecular weight excluding hydrogens is 248 g/mol. The number of thiophene rings is 1. The highest BCUT2D eigenvalue weighted by atomic mass is 32.1. The third-order valence-electron chi connectivity index (χ3n) is 3.35. The van der Waals surface area contributed by atoms with Crippen molar-refractivity contribution in [2.45, 2.75) is 31.8 Å². The number of aliphatic hydroxyl groups is 1. The summed E-state index contributed by atoms with van der Waals surface area (Å²) in [6.45, 7) is 2.07. The number of piperidine rings is 1. The fourth-order valence-corrected chi connectivity index (χ4v) is 2.96. The van der Waals surface area contributed by atoms with Crippen molar-refractivity contribution in [2.24, 2.45) is 0 Å². The standard InChI is InChI=1S/C13H20N2O2S/c16-10-11-4-1-2-6-15(11)9-13(17)14-8-12-5-3-7-18-12/h3,5,7,11,16H,1-2,4,6,8-10H2,(H,14,17)/t11-/m1/s1. The van der Waals surface area contributed by atoms with Crippen molar-refractivity contribution in [1.29, 1.82) is 0 Å². The van der Waals surface area contributed by atoms with E-state index in [-0.39, 0.29) is 18.6 Å². The molecule has 18 heavy (non-hydrogen) atoms. The highest BCUT2D eigenvalue weighted by Gasteiger charge is 2.23. The molecule has 1 aliphatic heterocycles. The van der Waals surface area contributed by atoms with E-state index in [0.29, 0.717) is 13.1 Å². The first-order chi connectivity index (χ1) is 8.79. The zero-order chi connectivity index (χ0) is 12.8. The van der Waals surface area contributed by atoms with Gasteiger partial charge in [-0.25, -0.2) is 0 Å². The Balaban J connectivity index is 1.75. The smallest absolute Gasteiger partial charge is 0.234 e. The molecule has 5 heteroatoms. The first-order valence-corrected chi connectivity index (χ1v) is 7.31. The van der Waals surface area contributed by atoms with Crippen molar-refractivity contribution in [1.82, 2.24) is 10.2 Å². The summed E-state index contributed by atoms with van der Waals surface area (Å²) in [5, 5.41) is 14.2. The number of aliphatic hydroxyl groups excluding tert-OH is 1. The molecule has 2 N–H and O–H groups in total. The van der Waals surface area contributed by atoms with Crippen molar-refractivity contribution in [3.05, 3.63) is 22.4 Å². The summed E-state index contributed by atoms with van der Waals surface area (Å²) in [5.74, 6) is 0.0451. The molecule has 1 fully saturated rings. The first kappa shape index (κ1) is 13.5. The van der Waals surface area contributed by atoms with Gasteiger partial charge in [0.15, 0.2) is 0 Å². The number of rotatable bonds is 5. The van der Waals surface area contributed by atoms with E-state index in [1.807, 2.05) is 17.5 Å². The van der Waals surface area contributed by atoms with E-state index in [0.717, 1.165) is 25.8 Å². The molecule has 1 aliphatic rings. The SMILES string of the molecule is O=C(CN1CCCC[C@@H]1CO)NCc1cccs1. The lowest BCUT2D eigenvalue weighted by Gasteiger charge is -2.33. The zero-order valence-corrected chi connectivity index (χ0v) is 11.3. The van der Waals surface area contributed by atoms with Crippen LogP contribution in [-0.2, 0) is 11.3 Å². The summed E-state index contributed by atoms with van der Waals surface area (Å²) >= 11 is 1.65. The second-order valence-electron chi connectivity index (χ2n) is 4.66. The molecule has 0 bridgehead atoms. The molecular formula is C13H20N2O2S. The van der Waals surface area contributed by atoms with Gasteiger partial charge in [-0.3, -0.25) is 9.69 Å². The Bertz CT molecular complexity index is 367. The normalized spacial score (nSPS) is 20.8. The van der Waals surface area contributed by atoms with Crippen molar-refractivity contribution in [3.8, 4) is 0 Å². The van der Waals surface area contributed by atoms with Crippen LogP contribution in [0.2, 0.25) is 0 Å². The van der Waals surface area contributed by atoms with Crippen molar-refractivity contribution in [2.75, 3.05) is 19.7 Å². The van der Waals surface area contributed by atoms with Gasteiger partial charge < -0.3 is 10.4 Å². The molecule has 0 aliphatic carbocycles. The molecule has 2 heterocycles. The Morgan fingerprint density at radius 2 is 2.44 bits per heavy atom. The Kier molecular flexibility index (Phi) is 5.16. The second-order valence-corrected chi connectivity index (χ2v) is 5.69. The lowest BCUT2D eigenvalue weighted by molar-refractivity contribution is -0.123. The molecule has 1 atom stereocenters. The number of carbonyl (C=O) groups is 1. The van der Waals surface area contributed by atoms with Crippen LogP contribution in [0.1, 0.15) is 24.1 Å². The molecule has 1 saturated heterocycles. The first-order valence-electron chi connectivity index (χ1n) is 6.43. The second kappa shape index (κ2) is 6.87. The van der Waals surface area contributed by atoms with E-state index in [1.54, 1.807) is 11.3 Å². The lowest BCUT2D eigenvalue weighted by atomic mass is 10.0. The fourth-order valence-electron chi connectivity index (χ4n) is 2.31. The Morgan fingerprint density at radius 3 is 3.17 bits per heavy atom. The minimum atomic E-state index is 0.0451. The van der Waals surface area contributed by atoms with E-state index in [4.69, 9.17) is 0 Å². The maximum Gasteiger partial charge on any atom is 0.234 e. The van der Waals surface area contributed by atoms with E-state index in [2.05, 4.69) is 10.2 Å². The number of likely N-dealkylation sites (tertiary alicyclic amines) is 1. The Labute approximate surface area is 112 Å². The van der Waals surface area contributed by atoms with E-state index >= 15 is 0 Å². The Hall–Kier alpha value is -0.910. The van der Waals surface area contributed by atoms with Gasteiger partial charge in [0.25, 0.3) is 0 Å². The summed E-state index contributed by atoms with van der Waals surface area (Å²) in [7, 11) is 0. The van der Waals surface area contributed by atoms with Crippen molar-refractivity contribution < 1.29 is 9.90 Å². The van der Waals surface area contributed by atoms with Crippen LogP contribution in [0, 0.1) is 0 Å². The van der Waals surface area contributed by atoms with E-state index in [9.17, 15) is 9.90 Å². The summed E-state index contributed by atoms with van der Waals surface area (Å²) in [5.41, 5.74) is 0. The van der Waals surface area contributed by atoms with Gasteiger partial charge in [-0.1, -0.05) is 12.5 Å². The monoisotopic (exact) mass is 268 g/mol. The number of hydrogen-bond acceptors (Lipinski definition) is 4. The molecule has 0 unspecified atom stereocenters. The summed E-state index contributed by atoms with van der Waals surface area (Å²) in [4.78, 5) is 15.1. The largest absolute Gasteiger partial charge is 0.395 e. The Morgan fingerprint density at radius 1 is 1.56 bits per heavy atom.